The zero-order valence-corrected chi connectivity index (χ0v) is 5.20. The standard InChI is InChI=1S/C4H9Si/c1-3-4(2)5/h3H,5H2,1-2H3/q-1. The van der Waals surface area contributed by atoms with Gasteiger partial charge in [0.15, 0.2) is 0 Å². The maximum atomic E-state index is 2.10. The molecule has 0 unspecified atom stereocenters. The Hall–Kier alpha value is -0.0431. The van der Waals surface area contributed by atoms with E-state index in [1.807, 2.05) is 17.2 Å². The zero-order valence-electron chi connectivity index (χ0n) is 3.78. The van der Waals surface area contributed by atoms with E-state index < -0.39 is 0 Å². The second kappa shape index (κ2) is 2.21. The van der Waals surface area contributed by atoms with Crippen LogP contribution < -0.4 is 0 Å². The molecule has 0 nitrogen and oxygen atoms in total. The highest BCUT2D eigenvalue weighted by atomic mass is 28.1. The van der Waals surface area contributed by atoms with Crippen LogP contribution in [0.25, 0.3) is 0 Å². The topological polar surface area (TPSA) is 0 Å². The fraction of sp³-hybridized carbons (Fsp3) is 0.500. The molecular formula is C4H9Si-. The molecule has 0 aromatic heterocycles. The summed E-state index contributed by atoms with van der Waals surface area (Å²) >= 11 is 0. The van der Waals surface area contributed by atoms with Crippen LogP contribution in [0.15, 0.2) is 11.3 Å². The number of hydrogen-bond acceptors (Lipinski definition) is 0. The highest BCUT2D eigenvalue weighted by molar-refractivity contribution is 6.21. The number of rotatable bonds is 0. The predicted molar refractivity (Wildman–Crippen MR) is 28.0 cm³/mol. The lowest BCUT2D eigenvalue weighted by molar-refractivity contribution is 1.59. The minimum Gasteiger partial charge on any atom is -0.326 e. The van der Waals surface area contributed by atoms with Crippen LogP contribution in [0.4, 0.5) is 0 Å². The van der Waals surface area contributed by atoms with E-state index in [9.17, 15) is 0 Å². The van der Waals surface area contributed by atoms with Crippen molar-refractivity contribution in [1.29, 1.82) is 0 Å². The van der Waals surface area contributed by atoms with Crippen LogP contribution in [0.2, 0.25) is 0 Å². The lowest BCUT2D eigenvalue weighted by Gasteiger charge is -1.86. The van der Waals surface area contributed by atoms with Crippen LogP contribution in [-0.2, 0) is 0 Å². The Balaban J connectivity index is 3.14. The van der Waals surface area contributed by atoms with Crippen molar-refractivity contribution in [1.82, 2.24) is 0 Å². The maximum absolute atomic E-state index is 2.10. The molecule has 0 heterocycles. The summed E-state index contributed by atoms with van der Waals surface area (Å²) in [6.45, 7) is 4.14. The molecule has 0 saturated carbocycles. The van der Waals surface area contributed by atoms with Gasteiger partial charge < -0.3 is 10.2 Å². The molecular weight excluding hydrogens is 76.1 g/mol. The third-order valence-corrected chi connectivity index (χ3v) is 0.901. The summed E-state index contributed by atoms with van der Waals surface area (Å²) in [5.74, 6) is 0. The van der Waals surface area contributed by atoms with Crippen molar-refractivity contribution < 1.29 is 0 Å². The molecule has 1 heteroatoms. The summed E-state index contributed by atoms with van der Waals surface area (Å²) in [6.07, 6.45) is 2.10. The molecule has 0 aliphatic carbocycles. The molecule has 5 heavy (non-hydrogen) atoms. The first kappa shape index (κ1) is 4.96. The monoisotopic (exact) mass is 85.0 g/mol. The van der Waals surface area contributed by atoms with Crippen molar-refractivity contribution in [2.24, 2.45) is 0 Å². The Labute approximate surface area is 36.3 Å². The van der Waals surface area contributed by atoms with Crippen molar-refractivity contribution in [3.63, 3.8) is 0 Å². The average Bonchev–Trinajstić information content (AvgIpc) is 1.38. The van der Waals surface area contributed by atoms with Gasteiger partial charge in [0.2, 0.25) is 0 Å². The molecule has 0 aromatic carbocycles. The molecule has 0 aliphatic rings. The van der Waals surface area contributed by atoms with E-state index in [4.69, 9.17) is 0 Å². The van der Waals surface area contributed by atoms with Crippen molar-refractivity contribution in [2.45, 2.75) is 13.8 Å². The first-order valence-corrected chi connectivity index (χ1v) is 2.43. The summed E-state index contributed by atoms with van der Waals surface area (Å²) in [5.41, 5.74) is 0. The fourth-order valence-corrected chi connectivity index (χ4v) is 0. The largest absolute Gasteiger partial charge is 0.326 e. The molecule has 30 valence electrons. The van der Waals surface area contributed by atoms with E-state index in [1.54, 1.807) is 0 Å². The van der Waals surface area contributed by atoms with Crippen LogP contribution in [0.3, 0.4) is 0 Å². The first-order valence-electron chi connectivity index (χ1n) is 1.72. The third kappa shape index (κ3) is 3.96. The van der Waals surface area contributed by atoms with Crippen molar-refractivity contribution in [2.75, 3.05) is 0 Å². The Bertz CT molecular complexity index is 41.6. The van der Waals surface area contributed by atoms with Crippen LogP contribution in [0, 0.1) is 0 Å². The minimum absolute atomic E-state index is 1.41. The second-order valence-corrected chi connectivity index (χ2v) is 2.25. The predicted octanol–water partition coefficient (Wildman–Crippen LogP) is 0.543. The van der Waals surface area contributed by atoms with Crippen molar-refractivity contribution in [3.05, 3.63) is 11.3 Å². The van der Waals surface area contributed by atoms with Gasteiger partial charge in [-0.05, 0) is 6.92 Å². The Morgan fingerprint density at radius 2 is 2.00 bits per heavy atom. The van der Waals surface area contributed by atoms with Gasteiger partial charge in [-0.1, -0.05) is 6.92 Å². The molecule has 0 radical (unpaired) electrons. The van der Waals surface area contributed by atoms with E-state index >= 15 is 0 Å². The SMILES string of the molecule is CC=C(C)[SiH2-]. The molecule has 0 saturated heterocycles. The van der Waals surface area contributed by atoms with E-state index in [2.05, 4.69) is 13.0 Å². The van der Waals surface area contributed by atoms with Gasteiger partial charge >= 0.3 is 0 Å². The molecule has 0 bridgehead atoms. The van der Waals surface area contributed by atoms with Gasteiger partial charge in [-0.3, -0.25) is 0 Å². The van der Waals surface area contributed by atoms with E-state index in [0.29, 0.717) is 0 Å². The minimum atomic E-state index is 1.41. The Morgan fingerprint density at radius 3 is 2.00 bits per heavy atom. The normalized spacial score (nSPS) is 12.0. The van der Waals surface area contributed by atoms with Crippen LogP contribution in [0.5, 0.6) is 0 Å². The van der Waals surface area contributed by atoms with Gasteiger partial charge in [0.25, 0.3) is 0 Å². The average molecular weight is 85.2 g/mol. The van der Waals surface area contributed by atoms with Gasteiger partial charge in [0, 0.05) is 0 Å². The van der Waals surface area contributed by atoms with Crippen LogP contribution in [0.1, 0.15) is 13.8 Å². The highest BCUT2D eigenvalue weighted by Gasteiger charge is 1.49. The maximum Gasteiger partial charge on any atom is -0.0496 e. The number of allylic oxidation sites excluding steroid dienone is 2. The molecule has 0 spiro atoms. The third-order valence-electron chi connectivity index (χ3n) is 0.493. The molecule has 0 aromatic rings. The van der Waals surface area contributed by atoms with E-state index in [0.717, 1.165) is 0 Å². The number of hydrogen-bond donors (Lipinski definition) is 0. The second-order valence-electron chi connectivity index (χ2n) is 1.14. The molecule has 0 amide bonds. The summed E-state index contributed by atoms with van der Waals surface area (Å²) in [7, 11) is 1.91. The van der Waals surface area contributed by atoms with E-state index in [-0.39, 0.29) is 0 Å². The van der Waals surface area contributed by atoms with Crippen molar-refractivity contribution >= 4 is 10.2 Å². The molecule has 0 fully saturated rings. The molecule has 0 rings (SSSR count). The quantitative estimate of drug-likeness (QED) is 0.377. The Morgan fingerprint density at radius 1 is 1.80 bits per heavy atom. The molecule has 0 aliphatic heterocycles. The van der Waals surface area contributed by atoms with Gasteiger partial charge in [0.1, 0.15) is 0 Å². The first-order chi connectivity index (χ1) is 2.27. The van der Waals surface area contributed by atoms with Gasteiger partial charge in [-0.25, -0.2) is 5.20 Å². The summed E-state index contributed by atoms with van der Waals surface area (Å²) in [5, 5.41) is 1.41. The Kier molecular flexibility index (Phi) is 2.19. The van der Waals surface area contributed by atoms with Crippen LogP contribution in [-0.4, -0.2) is 10.2 Å². The smallest absolute Gasteiger partial charge is 0.0496 e. The van der Waals surface area contributed by atoms with E-state index in [1.165, 1.54) is 5.20 Å². The summed E-state index contributed by atoms with van der Waals surface area (Å²) < 4.78 is 0. The van der Waals surface area contributed by atoms with Gasteiger partial charge in [-0.2, -0.15) is 0 Å². The lowest BCUT2D eigenvalue weighted by atomic mass is 10.6. The summed E-state index contributed by atoms with van der Waals surface area (Å²) in [4.78, 5) is 0. The van der Waals surface area contributed by atoms with Gasteiger partial charge in [-0.15, -0.1) is 6.08 Å². The molecule has 0 atom stereocenters. The zero-order chi connectivity index (χ0) is 4.28. The molecule has 0 N–H and O–H groups in total. The van der Waals surface area contributed by atoms with Crippen LogP contribution >= 0.6 is 0 Å². The fourth-order valence-electron chi connectivity index (χ4n) is 0. The van der Waals surface area contributed by atoms with Crippen molar-refractivity contribution in [3.8, 4) is 0 Å². The highest BCUT2D eigenvalue weighted by Crippen LogP contribution is 1.76. The summed E-state index contributed by atoms with van der Waals surface area (Å²) in [6, 6.07) is 0. The lowest BCUT2D eigenvalue weighted by Crippen LogP contribution is -1.62. The van der Waals surface area contributed by atoms with Gasteiger partial charge in [0.05, 0.1) is 0 Å².